The lowest BCUT2D eigenvalue weighted by Gasteiger charge is -2.22. The fourth-order valence-electron chi connectivity index (χ4n) is 1.51. The molecule has 0 bridgehead atoms. The summed E-state index contributed by atoms with van der Waals surface area (Å²) in [4.78, 5) is 31.1. The molecule has 0 amide bonds. The molecule has 1 rings (SSSR count). The highest BCUT2D eigenvalue weighted by Gasteiger charge is 2.29. The zero-order chi connectivity index (χ0) is 19.6. The van der Waals surface area contributed by atoms with E-state index in [0.29, 0.717) is 0 Å². The molecule has 0 radical (unpaired) electrons. The molecule has 0 saturated heterocycles. The van der Waals surface area contributed by atoms with E-state index in [0.717, 1.165) is 0 Å². The first-order chi connectivity index (χ1) is 11.6. The summed E-state index contributed by atoms with van der Waals surface area (Å²) in [5, 5.41) is 52.2. The van der Waals surface area contributed by atoms with Gasteiger partial charge >= 0.3 is 11.9 Å². The van der Waals surface area contributed by atoms with E-state index in [1.165, 1.54) is 19.1 Å². The molecule has 0 aliphatic rings. The predicted molar refractivity (Wildman–Crippen MR) is 81.9 cm³/mol. The van der Waals surface area contributed by atoms with Crippen LogP contribution in [0.15, 0.2) is 24.3 Å². The molecule has 0 heterocycles. The molecule has 25 heavy (non-hydrogen) atoms. The minimum atomic E-state index is -1.79. The molecule has 10 heteroatoms. The van der Waals surface area contributed by atoms with E-state index < -0.39 is 43.0 Å². The Morgan fingerprint density at radius 3 is 2.12 bits per heavy atom. The summed E-state index contributed by atoms with van der Waals surface area (Å²) in [6, 6.07) is 5.98. The minimum Gasteiger partial charge on any atom is -0.478 e. The van der Waals surface area contributed by atoms with Gasteiger partial charge in [-0.1, -0.05) is 12.1 Å². The number of esters is 1. The van der Waals surface area contributed by atoms with Gasteiger partial charge in [0.2, 0.25) is 0 Å². The second-order valence-electron chi connectivity index (χ2n) is 4.75. The minimum absolute atomic E-state index is 0.0160. The third-order valence-corrected chi connectivity index (χ3v) is 2.79. The highest BCUT2D eigenvalue weighted by molar-refractivity contribution is 5.91. The van der Waals surface area contributed by atoms with Crippen LogP contribution < -0.4 is 4.74 Å². The molecule has 4 unspecified atom stereocenters. The van der Waals surface area contributed by atoms with E-state index in [4.69, 9.17) is 30.6 Å². The molecule has 10 nitrogen and oxygen atoms in total. The van der Waals surface area contributed by atoms with Gasteiger partial charge in [0, 0.05) is 6.92 Å². The number of para-hydroxylation sites is 1. The standard InChI is InChI=1S/C9H8O4.C6H12O6/c1-6(10)13-8-5-3-2-4-7(8)9(11)12;7-1-3(9)5(11)6(12)4(10)2-8/h2-5H,1H3,(H,11,12);1,3-6,8-12H,2H2. The normalized spacial score (nSPS) is 15.0. The molecule has 0 aromatic heterocycles. The van der Waals surface area contributed by atoms with Crippen LogP contribution in [0, 0.1) is 0 Å². The lowest BCUT2D eigenvalue weighted by atomic mass is 10.0. The van der Waals surface area contributed by atoms with Crippen molar-refractivity contribution < 1.29 is 49.8 Å². The van der Waals surface area contributed by atoms with Crippen molar-refractivity contribution in [3.8, 4) is 5.75 Å². The van der Waals surface area contributed by atoms with Gasteiger partial charge in [0.1, 0.15) is 35.7 Å². The second kappa shape index (κ2) is 11.2. The monoisotopic (exact) mass is 360 g/mol. The molecule has 0 fully saturated rings. The van der Waals surface area contributed by atoms with Crippen molar-refractivity contribution >= 4 is 18.2 Å². The largest absolute Gasteiger partial charge is 0.478 e. The van der Waals surface area contributed by atoms with Gasteiger partial charge in [-0.3, -0.25) is 4.79 Å². The van der Waals surface area contributed by atoms with Crippen LogP contribution in [-0.2, 0) is 9.59 Å². The second-order valence-corrected chi connectivity index (χ2v) is 4.75. The molecular formula is C15H20O10. The Kier molecular flexibility index (Phi) is 10.2. The summed E-state index contributed by atoms with van der Waals surface area (Å²) < 4.78 is 4.69. The van der Waals surface area contributed by atoms with E-state index >= 15 is 0 Å². The molecule has 0 aliphatic heterocycles. The molecule has 0 spiro atoms. The van der Waals surface area contributed by atoms with Crippen LogP contribution in [0.2, 0.25) is 0 Å². The Bertz CT molecular complexity index is 573. The maximum atomic E-state index is 10.6. The number of carbonyl (C=O) groups is 3. The quantitative estimate of drug-likeness (QED) is 0.179. The molecular weight excluding hydrogens is 340 g/mol. The van der Waals surface area contributed by atoms with Crippen molar-refractivity contribution in [2.75, 3.05) is 6.61 Å². The van der Waals surface area contributed by atoms with Crippen molar-refractivity contribution in [3.63, 3.8) is 0 Å². The Morgan fingerprint density at radius 2 is 1.68 bits per heavy atom. The van der Waals surface area contributed by atoms with Crippen molar-refractivity contribution in [2.24, 2.45) is 0 Å². The molecule has 140 valence electrons. The highest BCUT2D eigenvalue weighted by Crippen LogP contribution is 2.17. The smallest absolute Gasteiger partial charge is 0.339 e. The van der Waals surface area contributed by atoms with E-state index in [2.05, 4.69) is 4.74 Å². The predicted octanol–water partition coefficient (Wildman–Crippen LogP) is -2.07. The molecule has 1 aromatic rings. The summed E-state index contributed by atoms with van der Waals surface area (Å²) in [5.41, 5.74) is -0.0160. The fraction of sp³-hybridized carbons (Fsp3) is 0.400. The van der Waals surface area contributed by atoms with Crippen LogP contribution >= 0.6 is 0 Å². The number of carbonyl (C=O) groups excluding carboxylic acids is 2. The van der Waals surface area contributed by atoms with E-state index in [1.807, 2.05) is 0 Å². The number of aldehydes is 1. The van der Waals surface area contributed by atoms with E-state index in [9.17, 15) is 14.4 Å². The number of rotatable bonds is 7. The van der Waals surface area contributed by atoms with Crippen LogP contribution in [-0.4, -0.2) is 79.9 Å². The topological polar surface area (TPSA) is 182 Å². The fourth-order valence-corrected chi connectivity index (χ4v) is 1.51. The first-order valence-corrected chi connectivity index (χ1v) is 6.94. The van der Waals surface area contributed by atoms with Gasteiger partial charge in [-0.15, -0.1) is 0 Å². The Morgan fingerprint density at radius 1 is 1.12 bits per heavy atom. The van der Waals surface area contributed by atoms with Gasteiger partial charge in [0.05, 0.1) is 6.61 Å². The van der Waals surface area contributed by atoms with Crippen LogP contribution in [0.1, 0.15) is 17.3 Å². The first-order valence-electron chi connectivity index (χ1n) is 6.94. The number of aliphatic hydroxyl groups is 5. The molecule has 0 aliphatic carbocycles. The maximum Gasteiger partial charge on any atom is 0.339 e. The van der Waals surface area contributed by atoms with Gasteiger partial charge < -0.3 is 40.2 Å². The SMILES string of the molecule is CC(=O)Oc1ccccc1C(=O)O.O=CC(O)C(O)C(O)C(O)CO. The Labute approximate surface area is 142 Å². The van der Waals surface area contributed by atoms with Crippen LogP contribution in [0.4, 0.5) is 0 Å². The van der Waals surface area contributed by atoms with Crippen LogP contribution in [0.3, 0.4) is 0 Å². The van der Waals surface area contributed by atoms with Crippen molar-refractivity contribution in [1.82, 2.24) is 0 Å². The average Bonchev–Trinajstić information content (AvgIpc) is 2.59. The number of hydrogen-bond donors (Lipinski definition) is 6. The first kappa shape index (κ1) is 22.6. The molecule has 1 aromatic carbocycles. The summed E-state index contributed by atoms with van der Waals surface area (Å²) in [6.45, 7) is 0.461. The van der Waals surface area contributed by atoms with Gasteiger partial charge in [-0.2, -0.15) is 0 Å². The van der Waals surface area contributed by atoms with Gasteiger partial charge in [0.15, 0.2) is 6.29 Å². The number of carboxylic acid groups (broad SMARTS) is 1. The van der Waals surface area contributed by atoms with Gasteiger partial charge in [0.25, 0.3) is 0 Å². The van der Waals surface area contributed by atoms with E-state index in [-0.39, 0.29) is 17.6 Å². The zero-order valence-corrected chi connectivity index (χ0v) is 13.2. The molecule has 6 N–H and O–H groups in total. The lowest BCUT2D eigenvalue weighted by molar-refractivity contribution is -0.136. The number of benzene rings is 1. The van der Waals surface area contributed by atoms with Crippen molar-refractivity contribution in [3.05, 3.63) is 29.8 Å². The lowest BCUT2D eigenvalue weighted by Crippen LogP contribution is -2.46. The third kappa shape index (κ3) is 7.83. The van der Waals surface area contributed by atoms with Crippen molar-refractivity contribution in [1.29, 1.82) is 0 Å². The third-order valence-electron chi connectivity index (χ3n) is 2.79. The maximum absolute atomic E-state index is 10.6. The van der Waals surface area contributed by atoms with Crippen molar-refractivity contribution in [2.45, 2.75) is 31.3 Å². The van der Waals surface area contributed by atoms with Crippen LogP contribution in [0.25, 0.3) is 0 Å². The number of carboxylic acids is 1. The zero-order valence-electron chi connectivity index (χ0n) is 13.2. The summed E-state index contributed by atoms with van der Waals surface area (Å²) >= 11 is 0. The number of aromatic carboxylic acids is 1. The van der Waals surface area contributed by atoms with Gasteiger partial charge in [-0.05, 0) is 12.1 Å². The summed E-state index contributed by atoms with van der Waals surface area (Å²) in [7, 11) is 0. The van der Waals surface area contributed by atoms with Crippen LogP contribution in [0.5, 0.6) is 5.75 Å². The summed E-state index contributed by atoms with van der Waals surface area (Å²) in [5.74, 6) is -1.58. The highest BCUT2D eigenvalue weighted by atomic mass is 16.5. The number of hydrogen-bond acceptors (Lipinski definition) is 9. The molecule has 4 atom stereocenters. The number of aliphatic hydroxyl groups excluding tert-OH is 5. The Balaban J connectivity index is 0.000000463. The summed E-state index contributed by atoms with van der Waals surface area (Å²) in [6.07, 6.45) is -6.84. The van der Waals surface area contributed by atoms with E-state index in [1.54, 1.807) is 12.1 Å². The average molecular weight is 360 g/mol. The number of ether oxygens (including phenoxy) is 1. The van der Waals surface area contributed by atoms with Gasteiger partial charge in [-0.25, -0.2) is 4.79 Å². The Hall–Kier alpha value is -2.37. The molecule has 0 saturated carbocycles.